The van der Waals surface area contributed by atoms with E-state index < -0.39 is 0 Å². The SMILES string of the molecule is Cc1cc(O)c(-c2ccc(O)c(O)c2)c(C)c1C. The second-order valence-corrected chi connectivity index (χ2v) is 4.54. The van der Waals surface area contributed by atoms with E-state index in [1.807, 2.05) is 20.8 Å². The first kappa shape index (κ1) is 12.3. The highest BCUT2D eigenvalue weighted by Gasteiger charge is 2.13. The van der Waals surface area contributed by atoms with Gasteiger partial charge in [-0.15, -0.1) is 0 Å². The van der Waals surface area contributed by atoms with Crippen molar-refractivity contribution >= 4 is 0 Å². The van der Waals surface area contributed by atoms with Gasteiger partial charge in [0.05, 0.1) is 0 Å². The van der Waals surface area contributed by atoms with Gasteiger partial charge in [0.15, 0.2) is 11.5 Å². The number of phenols is 3. The van der Waals surface area contributed by atoms with Gasteiger partial charge in [0.1, 0.15) is 5.75 Å². The molecule has 0 aliphatic rings. The van der Waals surface area contributed by atoms with E-state index in [1.54, 1.807) is 12.1 Å². The van der Waals surface area contributed by atoms with Gasteiger partial charge < -0.3 is 15.3 Å². The molecule has 18 heavy (non-hydrogen) atoms. The van der Waals surface area contributed by atoms with E-state index in [0.717, 1.165) is 16.7 Å². The fourth-order valence-electron chi connectivity index (χ4n) is 2.10. The van der Waals surface area contributed by atoms with Crippen LogP contribution in [0, 0.1) is 20.8 Å². The Bertz CT molecular complexity index is 616. The van der Waals surface area contributed by atoms with Crippen molar-refractivity contribution in [3.63, 3.8) is 0 Å². The molecule has 0 spiro atoms. The molecule has 0 atom stereocenters. The van der Waals surface area contributed by atoms with E-state index in [1.165, 1.54) is 12.1 Å². The van der Waals surface area contributed by atoms with Gasteiger partial charge in [-0.1, -0.05) is 6.07 Å². The summed E-state index contributed by atoms with van der Waals surface area (Å²) in [6, 6.07) is 6.25. The molecule has 0 saturated carbocycles. The molecule has 0 heterocycles. The van der Waals surface area contributed by atoms with Crippen LogP contribution in [0.5, 0.6) is 17.2 Å². The van der Waals surface area contributed by atoms with E-state index in [4.69, 9.17) is 0 Å². The Morgan fingerprint density at radius 1 is 0.722 bits per heavy atom. The number of phenolic OH excluding ortho intramolecular Hbond substituents is 3. The second-order valence-electron chi connectivity index (χ2n) is 4.54. The lowest BCUT2D eigenvalue weighted by molar-refractivity contribution is 0.404. The highest BCUT2D eigenvalue weighted by atomic mass is 16.3. The molecule has 0 saturated heterocycles. The topological polar surface area (TPSA) is 60.7 Å². The average Bonchev–Trinajstić information content (AvgIpc) is 2.31. The van der Waals surface area contributed by atoms with Gasteiger partial charge in [-0.2, -0.15) is 0 Å². The highest BCUT2D eigenvalue weighted by molar-refractivity contribution is 5.77. The second kappa shape index (κ2) is 4.26. The molecule has 0 aromatic heterocycles. The van der Waals surface area contributed by atoms with Crippen molar-refractivity contribution in [3.8, 4) is 28.4 Å². The quantitative estimate of drug-likeness (QED) is 0.674. The summed E-state index contributed by atoms with van der Waals surface area (Å²) in [5.41, 5.74) is 4.47. The lowest BCUT2D eigenvalue weighted by Gasteiger charge is -2.14. The maximum Gasteiger partial charge on any atom is 0.158 e. The Balaban J connectivity index is 2.71. The zero-order valence-corrected chi connectivity index (χ0v) is 10.7. The summed E-state index contributed by atoms with van der Waals surface area (Å²) in [6.07, 6.45) is 0. The Morgan fingerprint density at radius 3 is 2.00 bits per heavy atom. The summed E-state index contributed by atoms with van der Waals surface area (Å²) in [5.74, 6) is -0.176. The van der Waals surface area contributed by atoms with Gasteiger partial charge in [0.2, 0.25) is 0 Å². The predicted molar refractivity (Wildman–Crippen MR) is 71.1 cm³/mol. The van der Waals surface area contributed by atoms with Crippen LogP contribution in [0.25, 0.3) is 11.1 Å². The molecule has 2 aromatic carbocycles. The van der Waals surface area contributed by atoms with Crippen LogP contribution < -0.4 is 0 Å². The normalized spacial score (nSPS) is 10.6. The number of benzene rings is 2. The Morgan fingerprint density at radius 2 is 1.39 bits per heavy atom. The molecule has 0 fully saturated rings. The van der Waals surface area contributed by atoms with Crippen molar-refractivity contribution in [2.24, 2.45) is 0 Å². The summed E-state index contributed by atoms with van der Waals surface area (Å²) >= 11 is 0. The summed E-state index contributed by atoms with van der Waals surface area (Å²) in [6.45, 7) is 5.87. The summed E-state index contributed by atoms with van der Waals surface area (Å²) in [4.78, 5) is 0. The van der Waals surface area contributed by atoms with Gasteiger partial charge in [-0.25, -0.2) is 0 Å². The summed E-state index contributed by atoms with van der Waals surface area (Å²) in [5, 5.41) is 28.9. The first-order valence-corrected chi connectivity index (χ1v) is 5.74. The van der Waals surface area contributed by atoms with Crippen LogP contribution in [0.15, 0.2) is 24.3 Å². The minimum atomic E-state index is -0.190. The molecule has 3 N–H and O–H groups in total. The molecular weight excluding hydrogens is 228 g/mol. The van der Waals surface area contributed by atoms with E-state index in [-0.39, 0.29) is 17.2 Å². The molecule has 0 amide bonds. The van der Waals surface area contributed by atoms with Crippen molar-refractivity contribution in [2.45, 2.75) is 20.8 Å². The molecule has 0 radical (unpaired) electrons. The largest absolute Gasteiger partial charge is 0.507 e. The Kier molecular flexibility index (Phi) is 2.91. The van der Waals surface area contributed by atoms with E-state index in [0.29, 0.717) is 11.1 Å². The van der Waals surface area contributed by atoms with Crippen LogP contribution in [0.3, 0.4) is 0 Å². The Labute approximate surface area is 106 Å². The van der Waals surface area contributed by atoms with E-state index in [2.05, 4.69) is 0 Å². The van der Waals surface area contributed by atoms with Gasteiger partial charge in [-0.05, 0) is 61.2 Å². The molecule has 0 unspecified atom stereocenters. The van der Waals surface area contributed by atoms with Crippen molar-refractivity contribution in [1.29, 1.82) is 0 Å². The van der Waals surface area contributed by atoms with E-state index >= 15 is 0 Å². The maximum absolute atomic E-state index is 10.1. The number of rotatable bonds is 1. The van der Waals surface area contributed by atoms with Gasteiger partial charge in [0, 0.05) is 5.56 Å². The molecule has 2 aromatic rings. The number of hydrogen-bond donors (Lipinski definition) is 3. The third-order valence-electron chi connectivity index (χ3n) is 3.40. The predicted octanol–water partition coefficient (Wildman–Crippen LogP) is 3.40. The third-order valence-corrected chi connectivity index (χ3v) is 3.40. The monoisotopic (exact) mass is 244 g/mol. The number of aryl methyl sites for hydroxylation is 1. The van der Waals surface area contributed by atoms with Crippen LogP contribution in [-0.4, -0.2) is 15.3 Å². The standard InChI is InChI=1S/C15H16O3/c1-8-6-14(18)15(10(3)9(8)2)11-4-5-12(16)13(17)7-11/h4-7,16-18H,1-3H3. The molecule has 0 aliphatic carbocycles. The zero-order valence-electron chi connectivity index (χ0n) is 10.7. The van der Waals surface area contributed by atoms with Crippen molar-refractivity contribution in [3.05, 3.63) is 41.0 Å². The van der Waals surface area contributed by atoms with E-state index in [9.17, 15) is 15.3 Å². The molecule has 3 nitrogen and oxygen atoms in total. The van der Waals surface area contributed by atoms with Crippen LogP contribution in [0.2, 0.25) is 0 Å². The third kappa shape index (κ3) is 1.88. The molecule has 2 rings (SSSR count). The molecule has 94 valence electrons. The Hall–Kier alpha value is -2.16. The van der Waals surface area contributed by atoms with Crippen LogP contribution in [-0.2, 0) is 0 Å². The van der Waals surface area contributed by atoms with Crippen molar-refractivity contribution < 1.29 is 15.3 Å². The fourth-order valence-corrected chi connectivity index (χ4v) is 2.10. The number of aromatic hydroxyl groups is 3. The van der Waals surface area contributed by atoms with Gasteiger partial charge in [0.25, 0.3) is 0 Å². The minimum Gasteiger partial charge on any atom is -0.507 e. The highest BCUT2D eigenvalue weighted by Crippen LogP contribution is 2.38. The molecular formula is C15H16O3. The smallest absolute Gasteiger partial charge is 0.158 e. The molecule has 0 bridgehead atoms. The summed E-state index contributed by atoms with van der Waals surface area (Å²) < 4.78 is 0. The molecule has 3 heteroatoms. The molecule has 0 aliphatic heterocycles. The first-order valence-electron chi connectivity index (χ1n) is 5.74. The fraction of sp³-hybridized carbons (Fsp3) is 0.200. The lowest BCUT2D eigenvalue weighted by Crippen LogP contribution is -1.92. The van der Waals surface area contributed by atoms with Crippen molar-refractivity contribution in [1.82, 2.24) is 0 Å². The van der Waals surface area contributed by atoms with Crippen LogP contribution in [0.4, 0.5) is 0 Å². The van der Waals surface area contributed by atoms with Gasteiger partial charge in [-0.3, -0.25) is 0 Å². The van der Waals surface area contributed by atoms with Crippen LogP contribution in [0.1, 0.15) is 16.7 Å². The lowest BCUT2D eigenvalue weighted by atomic mass is 9.93. The van der Waals surface area contributed by atoms with Gasteiger partial charge >= 0.3 is 0 Å². The minimum absolute atomic E-state index is 0.167. The van der Waals surface area contributed by atoms with Crippen LogP contribution >= 0.6 is 0 Å². The first-order chi connectivity index (χ1) is 8.41. The summed E-state index contributed by atoms with van der Waals surface area (Å²) in [7, 11) is 0. The number of hydrogen-bond acceptors (Lipinski definition) is 3. The van der Waals surface area contributed by atoms with Crippen molar-refractivity contribution in [2.75, 3.05) is 0 Å². The maximum atomic E-state index is 10.1. The zero-order chi connectivity index (χ0) is 13.4. The average molecular weight is 244 g/mol.